The Morgan fingerprint density at radius 1 is 1.08 bits per heavy atom. The topological polar surface area (TPSA) is 43.1 Å². The number of hydrogen-bond donors (Lipinski definition) is 1. The summed E-state index contributed by atoms with van der Waals surface area (Å²) >= 11 is 0. The predicted molar refractivity (Wildman–Crippen MR) is 103 cm³/mol. The first-order valence-corrected chi connectivity index (χ1v) is 9.83. The normalized spacial score (nSPS) is 46.2. The third kappa shape index (κ3) is 2.92. The van der Waals surface area contributed by atoms with Crippen molar-refractivity contribution in [2.24, 2.45) is 40.2 Å². The van der Waals surface area contributed by atoms with Gasteiger partial charge >= 0.3 is 0 Å². The van der Waals surface area contributed by atoms with Gasteiger partial charge in [-0.05, 0) is 87.7 Å². The maximum absolute atomic E-state index is 11.1. The molecule has 0 aliphatic heterocycles. The van der Waals surface area contributed by atoms with Gasteiger partial charge in [0.1, 0.15) is 6.29 Å². The molecule has 0 aromatic carbocycles. The molecule has 3 fully saturated rings. The van der Waals surface area contributed by atoms with E-state index in [0.29, 0.717) is 5.41 Å². The average molecular weight is 332 g/mol. The summed E-state index contributed by atoms with van der Waals surface area (Å²) in [5, 5.41) is 0. The molecule has 24 heavy (non-hydrogen) atoms. The van der Waals surface area contributed by atoms with Crippen molar-refractivity contribution < 1.29 is 4.79 Å². The number of rotatable bonds is 2. The van der Waals surface area contributed by atoms with Crippen LogP contribution in [0.3, 0.4) is 0 Å². The van der Waals surface area contributed by atoms with Crippen LogP contribution in [0, 0.1) is 34.5 Å². The molecule has 2 heteroatoms. The molecule has 0 bridgehead atoms. The Labute approximate surface area is 149 Å². The number of hydrogen-bond acceptors (Lipinski definition) is 2. The first kappa shape index (κ1) is 19.4. The highest BCUT2D eigenvalue weighted by molar-refractivity contribution is 5.67. The molecule has 3 aliphatic carbocycles. The van der Waals surface area contributed by atoms with Gasteiger partial charge in [-0.3, -0.25) is 4.79 Å². The Morgan fingerprint density at radius 3 is 2.42 bits per heavy atom. The van der Waals surface area contributed by atoms with E-state index in [0.717, 1.165) is 36.4 Å². The summed E-state index contributed by atoms with van der Waals surface area (Å²) < 4.78 is 0. The van der Waals surface area contributed by atoms with Gasteiger partial charge in [0.15, 0.2) is 0 Å². The molecule has 0 heterocycles. The summed E-state index contributed by atoms with van der Waals surface area (Å²) in [5.74, 6) is 3.38. The van der Waals surface area contributed by atoms with E-state index in [1.807, 2.05) is 6.08 Å². The van der Waals surface area contributed by atoms with Crippen LogP contribution in [0.25, 0.3) is 0 Å². The second-order valence-electron chi connectivity index (χ2n) is 8.55. The van der Waals surface area contributed by atoms with Gasteiger partial charge in [-0.15, -0.1) is 0 Å². The number of aldehydes is 1. The maximum atomic E-state index is 11.1. The van der Waals surface area contributed by atoms with Gasteiger partial charge in [0, 0.05) is 5.41 Å². The van der Waals surface area contributed by atoms with Crippen molar-refractivity contribution in [3.05, 3.63) is 23.8 Å². The van der Waals surface area contributed by atoms with Gasteiger partial charge in [-0.2, -0.15) is 0 Å². The highest BCUT2D eigenvalue weighted by Gasteiger charge is 2.56. The molecule has 2 N–H and O–H groups in total. The Balaban J connectivity index is 0.00000100. The Hall–Kier alpha value is -0.890. The van der Waals surface area contributed by atoms with E-state index in [1.54, 1.807) is 0 Å². The van der Waals surface area contributed by atoms with Crippen molar-refractivity contribution in [2.45, 2.75) is 66.2 Å². The fourth-order valence-electron chi connectivity index (χ4n) is 6.45. The molecule has 0 saturated heterocycles. The van der Waals surface area contributed by atoms with Crippen LogP contribution in [0.5, 0.6) is 0 Å². The molecule has 0 spiro atoms. The number of carbonyl (C=O) groups excluding carboxylic acids is 1. The molecule has 3 aliphatic rings. The van der Waals surface area contributed by atoms with Crippen LogP contribution in [0.2, 0.25) is 0 Å². The Morgan fingerprint density at radius 2 is 1.79 bits per heavy atom. The minimum absolute atomic E-state index is 0.103. The number of allylic oxidation sites excluding steroid dienone is 4. The molecule has 0 aromatic heterocycles. The lowest BCUT2D eigenvalue weighted by molar-refractivity contribution is -0.104. The van der Waals surface area contributed by atoms with Crippen LogP contribution in [0.15, 0.2) is 23.8 Å². The second-order valence-corrected chi connectivity index (χ2v) is 8.55. The molecule has 136 valence electrons. The Bertz CT molecular complexity index is 508. The molecular formula is C22H37NO. The fourth-order valence-corrected chi connectivity index (χ4v) is 6.45. The zero-order valence-electron chi connectivity index (χ0n) is 16.3. The lowest BCUT2D eigenvalue weighted by Crippen LogP contribution is -2.48. The average Bonchev–Trinajstić information content (AvgIpc) is 2.88. The third-order valence-corrected chi connectivity index (χ3v) is 7.90. The van der Waals surface area contributed by atoms with E-state index in [1.165, 1.54) is 44.7 Å². The number of nitrogens with two attached hydrogens (primary N) is 1. The van der Waals surface area contributed by atoms with Crippen LogP contribution in [-0.4, -0.2) is 13.3 Å². The summed E-state index contributed by atoms with van der Waals surface area (Å²) in [5.41, 5.74) is 6.55. The molecule has 2 nitrogen and oxygen atoms in total. The van der Waals surface area contributed by atoms with Gasteiger partial charge in [-0.1, -0.05) is 38.5 Å². The molecular weight excluding hydrogens is 294 g/mol. The predicted octanol–water partition coefficient (Wildman–Crippen LogP) is 5.14. The minimum Gasteiger partial charge on any atom is -0.333 e. The summed E-state index contributed by atoms with van der Waals surface area (Å²) in [6.07, 6.45) is 15.4. The maximum Gasteiger partial charge on any atom is 0.142 e. The van der Waals surface area contributed by atoms with Crippen LogP contribution in [0.4, 0.5) is 0 Å². The zero-order chi connectivity index (χ0) is 18.0. The number of carbonyl (C=O) groups is 1. The lowest BCUT2D eigenvalue weighted by atomic mass is 9.48. The minimum atomic E-state index is 0.103. The Kier molecular flexibility index (Phi) is 6.12. The van der Waals surface area contributed by atoms with Crippen molar-refractivity contribution >= 4 is 6.29 Å². The third-order valence-electron chi connectivity index (χ3n) is 7.90. The molecule has 0 amide bonds. The summed E-state index contributed by atoms with van der Waals surface area (Å²) in [6.45, 7) is 9.56. The SMILES string of the molecule is C/C=C\C1(C)/C(=C\C=O)CCC2C1CCC1(C)C(C)CCC21.CN. The van der Waals surface area contributed by atoms with Crippen LogP contribution < -0.4 is 5.73 Å². The highest BCUT2D eigenvalue weighted by Crippen LogP contribution is 2.65. The van der Waals surface area contributed by atoms with E-state index >= 15 is 0 Å². The smallest absolute Gasteiger partial charge is 0.142 e. The van der Waals surface area contributed by atoms with Crippen LogP contribution in [0.1, 0.15) is 66.2 Å². The first-order valence-electron chi connectivity index (χ1n) is 9.83. The van der Waals surface area contributed by atoms with E-state index in [-0.39, 0.29) is 5.41 Å². The molecule has 3 saturated carbocycles. The lowest BCUT2D eigenvalue weighted by Gasteiger charge is -2.56. The largest absolute Gasteiger partial charge is 0.333 e. The summed E-state index contributed by atoms with van der Waals surface area (Å²) in [6, 6.07) is 0. The van der Waals surface area contributed by atoms with Gasteiger partial charge in [0.05, 0.1) is 0 Å². The summed E-state index contributed by atoms with van der Waals surface area (Å²) in [4.78, 5) is 11.1. The quantitative estimate of drug-likeness (QED) is 0.432. The molecule has 3 rings (SSSR count). The van der Waals surface area contributed by atoms with Gasteiger partial charge < -0.3 is 5.73 Å². The second kappa shape index (κ2) is 7.56. The van der Waals surface area contributed by atoms with E-state index in [2.05, 4.69) is 45.6 Å². The van der Waals surface area contributed by atoms with Crippen molar-refractivity contribution in [2.75, 3.05) is 7.05 Å². The zero-order valence-corrected chi connectivity index (χ0v) is 16.3. The highest BCUT2D eigenvalue weighted by atomic mass is 16.1. The van der Waals surface area contributed by atoms with Gasteiger partial charge in [0.25, 0.3) is 0 Å². The fraction of sp³-hybridized carbons (Fsp3) is 0.773. The van der Waals surface area contributed by atoms with Crippen molar-refractivity contribution in [1.82, 2.24) is 0 Å². The van der Waals surface area contributed by atoms with Crippen molar-refractivity contribution in [3.8, 4) is 0 Å². The van der Waals surface area contributed by atoms with E-state index in [4.69, 9.17) is 0 Å². The van der Waals surface area contributed by atoms with Crippen LogP contribution in [-0.2, 0) is 4.79 Å². The summed E-state index contributed by atoms with van der Waals surface area (Å²) in [7, 11) is 1.50. The van der Waals surface area contributed by atoms with Crippen molar-refractivity contribution in [1.29, 1.82) is 0 Å². The van der Waals surface area contributed by atoms with Crippen LogP contribution >= 0.6 is 0 Å². The van der Waals surface area contributed by atoms with E-state index in [9.17, 15) is 4.79 Å². The van der Waals surface area contributed by atoms with Gasteiger partial charge in [0.2, 0.25) is 0 Å². The molecule has 6 unspecified atom stereocenters. The standard InChI is InChI=1S/C21H32O.CH5N/c1-5-12-21(4)16(11-14-22)7-8-17-18-9-6-15(2)20(18,3)13-10-19(17)21;1-2/h5,11-12,14-15,17-19H,6-10,13H2,1-4H3;2H2,1H3/b12-5-,16-11-;. The molecule has 0 radical (unpaired) electrons. The number of fused-ring (bicyclic) bond motifs is 3. The van der Waals surface area contributed by atoms with Crippen molar-refractivity contribution in [3.63, 3.8) is 0 Å². The van der Waals surface area contributed by atoms with Gasteiger partial charge in [-0.25, -0.2) is 0 Å². The molecule has 6 atom stereocenters. The first-order chi connectivity index (χ1) is 11.5. The van der Waals surface area contributed by atoms with E-state index < -0.39 is 0 Å². The molecule has 0 aromatic rings. The monoisotopic (exact) mass is 331 g/mol.